The number of hydrogen-bond donors (Lipinski definition) is 1. The molecule has 3 aromatic rings. The van der Waals surface area contributed by atoms with E-state index < -0.39 is 5.82 Å². The molecule has 2 heterocycles. The molecule has 3 rings (SSSR count). The van der Waals surface area contributed by atoms with E-state index in [-0.39, 0.29) is 22.6 Å². The lowest BCUT2D eigenvalue weighted by Crippen LogP contribution is -2.07. The average molecular weight is 336 g/mol. The third-order valence-corrected chi connectivity index (χ3v) is 4.34. The molecular formula is C19H17FN4O. The standard InChI is InChI=1S/C19H17FN4O/c1-5-14-16(20)18-13(9-23-14)12(8-21)19(22)24(18)17-10(2)6-7-15(25-4)11(17)3/h5-7,9H,1,22H2,2-4H3. The molecule has 0 amide bonds. The molecule has 0 atom stereocenters. The molecule has 2 aromatic heterocycles. The first-order chi connectivity index (χ1) is 12.0. The van der Waals surface area contributed by atoms with Crippen LogP contribution in [0.3, 0.4) is 0 Å². The van der Waals surface area contributed by atoms with Crippen LogP contribution in [0.5, 0.6) is 5.75 Å². The molecular weight excluding hydrogens is 319 g/mol. The second kappa shape index (κ2) is 5.95. The van der Waals surface area contributed by atoms with Crippen molar-refractivity contribution in [2.45, 2.75) is 13.8 Å². The Morgan fingerprint density at radius 1 is 1.40 bits per heavy atom. The molecule has 0 saturated heterocycles. The van der Waals surface area contributed by atoms with Gasteiger partial charge in [-0.05, 0) is 31.6 Å². The van der Waals surface area contributed by atoms with Gasteiger partial charge in [0.2, 0.25) is 0 Å². The topological polar surface area (TPSA) is 76.9 Å². The summed E-state index contributed by atoms with van der Waals surface area (Å²) in [4.78, 5) is 4.02. The minimum atomic E-state index is -0.567. The number of nitrogens with two attached hydrogens (primary N) is 1. The first-order valence-corrected chi connectivity index (χ1v) is 7.61. The molecule has 0 aliphatic heterocycles. The monoisotopic (exact) mass is 336 g/mol. The molecule has 0 aliphatic carbocycles. The highest BCUT2D eigenvalue weighted by Gasteiger charge is 2.24. The van der Waals surface area contributed by atoms with Gasteiger partial charge in [-0.1, -0.05) is 12.6 Å². The number of nitriles is 1. The number of pyridine rings is 1. The van der Waals surface area contributed by atoms with Gasteiger partial charge in [0.05, 0.1) is 18.3 Å². The number of rotatable bonds is 3. The van der Waals surface area contributed by atoms with Crippen LogP contribution in [0.4, 0.5) is 10.2 Å². The van der Waals surface area contributed by atoms with Crippen LogP contribution in [0.25, 0.3) is 22.7 Å². The van der Waals surface area contributed by atoms with E-state index in [1.807, 2.05) is 26.0 Å². The summed E-state index contributed by atoms with van der Waals surface area (Å²) < 4.78 is 22.0. The van der Waals surface area contributed by atoms with Gasteiger partial charge in [-0.15, -0.1) is 0 Å². The van der Waals surface area contributed by atoms with Crippen LogP contribution in [0.1, 0.15) is 22.4 Å². The summed E-state index contributed by atoms with van der Waals surface area (Å²) in [5.41, 5.74) is 9.09. The Kier molecular flexibility index (Phi) is 3.93. The Bertz CT molecular complexity index is 1060. The molecule has 0 aliphatic rings. The third-order valence-electron chi connectivity index (χ3n) is 4.34. The normalized spacial score (nSPS) is 10.7. The zero-order valence-corrected chi connectivity index (χ0v) is 14.2. The van der Waals surface area contributed by atoms with Gasteiger partial charge in [0.1, 0.15) is 28.9 Å². The van der Waals surface area contributed by atoms with Gasteiger partial charge < -0.3 is 10.5 Å². The highest BCUT2D eigenvalue weighted by molar-refractivity contribution is 5.95. The van der Waals surface area contributed by atoms with Crippen LogP contribution in [-0.4, -0.2) is 16.7 Å². The van der Waals surface area contributed by atoms with E-state index in [9.17, 15) is 5.26 Å². The highest BCUT2D eigenvalue weighted by Crippen LogP contribution is 2.37. The van der Waals surface area contributed by atoms with Crippen LogP contribution in [0, 0.1) is 31.0 Å². The lowest BCUT2D eigenvalue weighted by molar-refractivity contribution is 0.411. The van der Waals surface area contributed by atoms with Crippen molar-refractivity contribution in [1.82, 2.24) is 9.55 Å². The zero-order valence-electron chi connectivity index (χ0n) is 14.2. The van der Waals surface area contributed by atoms with Crippen molar-refractivity contribution in [3.63, 3.8) is 0 Å². The summed E-state index contributed by atoms with van der Waals surface area (Å²) in [6.45, 7) is 7.35. The second-order valence-corrected chi connectivity index (χ2v) is 5.69. The summed E-state index contributed by atoms with van der Waals surface area (Å²) in [6, 6.07) is 5.76. The Balaban J connectivity index is 2.56. The lowest BCUT2D eigenvalue weighted by Gasteiger charge is -2.17. The van der Waals surface area contributed by atoms with Gasteiger partial charge >= 0.3 is 0 Å². The number of nitrogens with zero attached hydrogens (tertiary/aromatic N) is 3. The van der Waals surface area contributed by atoms with Crippen LogP contribution >= 0.6 is 0 Å². The molecule has 2 N–H and O–H groups in total. The fraction of sp³-hybridized carbons (Fsp3) is 0.158. The van der Waals surface area contributed by atoms with Crippen molar-refractivity contribution in [2.75, 3.05) is 12.8 Å². The third kappa shape index (κ3) is 2.24. The smallest absolute Gasteiger partial charge is 0.173 e. The van der Waals surface area contributed by atoms with Crippen molar-refractivity contribution in [3.8, 4) is 17.5 Å². The quantitative estimate of drug-likeness (QED) is 0.787. The van der Waals surface area contributed by atoms with Gasteiger partial charge in [0.15, 0.2) is 5.82 Å². The fourth-order valence-corrected chi connectivity index (χ4v) is 3.14. The first kappa shape index (κ1) is 16.5. The number of halogens is 1. The van der Waals surface area contributed by atoms with Crippen LogP contribution in [-0.2, 0) is 0 Å². The number of nitrogen functional groups attached to an aromatic ring is 1. The second-order valence-electron chi connectivity index (χ2n) is 5.69. The highest BCUT2D eigenvalue weighted by atomic mass is 19.1. The number of fused-ring (bicyclic) bond motifs is 1. The van der Waals surface area contributed by atoms with Crippen molar-refractivity contribution in [3.05, 3.63) is 53.1 Å². The summed E-state index contributed by atoms with van der Waals surface area (Å²) in [7, 11) is 1.57. The molecule has 25 heavy (non-hydrogen) atoms. The number of methoxy groups -OCH3 is 1. The van der Waals surface area contributed by atoms with E-state index >= 15 is 4.39 Å². The zero-order chi connectivity index (χ0) is 18.3. The fourth-order valence-electron chi connectivity index (χ4n) is 3.14. The minimum Gasteiger partial charge on any atom is -0.496 e. The average Bonchev–Trinajstić information content (AvgIpc) is 2.88. The van der Waals surface area contributed by atoms with E-state index in [1.54, 1.807) is 11.7 Å². The van der Waals surface area contributed by atoms with E-state index in [0.29, 0.717) is 16.8 Å². The molecule has 1 aromatic carbocycles. The molecule has 0 bridgehead atoms. The maximum Gasteiger partial charge on any atom is 0.173 e. The summed E-state index contributed by atoms with van der Waals surface area (Å²) in [5.74, 6) is 0.250. The Morgan fingerprint density at radius 3 is 2.72 bits per heavy atom. The maximum atomic E-state index is 15.0. The van der Waals surface area contributed by atoms with Crippen molar-refractivity contribution in [2.24, 2.45) is 0 Å². The summed E-state index contributed by atoms with van der Waals surface area (Å²) in [6.07, 6.45) is 2.78. The molecule has 0 fully saturated rings. The van der Waals surface area contributed by atoms with E-state index in [0.717, 1.165) is 11.1 Å². The summed E-state index contributed by atoms with van der Waals surface area (Å²) in [5, 5.41) is 9.86. The SMILES string of the molecule is C=Cc1ncc2c(C#N)c(N)n(-c3c(C)ccc(OC)c3C)c2c1F. The molecule has 126 valence electrons. The van der Waals surface area contributed by atoms with Crippen molar-refractivity contribution < 1.29 is 9.13 Å². The predicted molar refractivity (Wildman–Crippen MR) is 96.3 cm³/mol. The minimum absolute atomic E-state index is 0.106. The number of anilines is 1. The lowest BCUT2D eigenvalue weighted by atomic mass is 10.1. The van der Waals surface area contributed by atoms with Gasteiger partial charge in [0.25, 0.3) is 0 Å². The Hall–Kier alpha value is -3.33. The molecule has 0 saturated carbocycles. The van der Waals surface area contributed by atoms with Gasteiger partial charge in [-0.3, -0.25) is 9.55 Å². The van der Waals surface area contributed by atoms with Crippen LogP contribution in [0.15, 0.2) is 24.9 Å². The summed E-state index contributed by atoms with van der Waals surface area (Å²) >= 11 is 0. The van der Waals surface area contributed by atoms with E-state index in [2.05, 4.69) is 17.6 Å². The molecule has 0 unspecified atom stereocenters. The number of ether oxygens (including phenoxy) is 1. The maximum absolute atomic E-state index is 15.0. The van der Waals surface area contributed by atoms with Gasteiger partial charge in [-0.2, -0.15) is 5.26 Å². The number of benzene rings is 1. The Morgan fingerprint density at radius 2 is 2.12 bits per heavy atom. The Labute approximate surface area is 144 Å². The van der Waals surface area contributed by atoms with Crippen LogP contribution in [0.2, 0.25) is 0 Å². The largest absolute Gasteiger partial charge is 0.496 e. The number of hydrogen-bond acceptors (Lipinski definition) is 4. The van der Waals surface area contributed by atoms with Crippen LogP contribution < -0.4 is 10.5 Å². The van der Waals surface area contributed by atoms with Gasteiger partial charge in [0, 0.05) is 17.1 Å². The van der Waals surface area contributed by atoms with Crippen molar-refractivity contribution in [1.29, 1.82) is 5.26 Å². The predicted octanol–water partition coefficient (Wildman–Crippen LogP) is 3.89. The number of aromatic nitrogens is 2. The first-order valence-electron chi connectivity index (χ1n) is 7.61. The van der Waals surface area contributed by atoms with E-state index in [1.165, 1.54) is 12.3 Å². The number of aryl methyl sites for hydroxylation is 1. The van der Waals surface area contributed by atoms with Crippen molar-refractivity contribution >= 4 is 22.8 Å². The molecule has 0 radical (unpaired) electrons. The molecule has 6 heteroatoms. The van der Waals surface area contributed by atoms with Gasteiger partial charge in [-0.25, -0.2) is 4.39 Å². The van der Waals surface area contributed by atoms with E-state index in [4.69, 9.17) is 10.5 Å². The molecule has 0 spiro atoms. The molecule has 5 nitrogen and oxygen atoms in total.